The van der Waals surface area contributed by atoms with E-state index in [1.165, 1.54) is 23.6 Å². The minimum atomic E-state index is -3.42. The maximum absolute atomic E-state index is 12.1. The smallest absolute Gasteiger partial charge is 0.346 e. The van der Waals surface area contributed by atoms with Gasteiger partial charge < -0.3 is 9.84 Å². The SMILES string of the molecule is O=C(O)c1cc(OCCS(=O)(=O)c2ccc(Br)cc2)cs1. The first-order valence-corrected chi connectivity index (χ1v) is 9.14. The number of benzene rings is 1. The fourth-order valence-electron chi connectivity index (χ4n) is 1.54. The number of carboxylic acid groups (broad SMARTS) is 1. The Balaban J connectivity index is 1.95. The Labute approximate surface area is 134 Å². The fraction of sp³-hybridized carbons (Fsp3) is 0.154. The van der Waals surface area contributed by atoms with Gasteiger partial charge in [0, 0.05) is 15.9 Å². The van der Waals surface area contributed by atoms with Crippen molar-refractivity contribution in [3.63, 3.8) is 0 Å². The zero-order valence-corrected chi connectivity index (χ0v) is 13.9. The summed E-state index contributed by atoms with van der Waals surface area (Å²) in [7, 11) is -3.42. The highest BCUT2D eigenvalue weighted by atomic mass is 79.9. The molecule has 0 atom stereocenters. The van der Waals surface area contributed by atoms with Crippen molar-refractivity contribution in [2.75, 3.05) is 12.4 Å². The second kappa shape index (κ2) is 6.59. The van der Waals surface area contributed by atoms with Crippen molar-refractivity contribution in [3.8, 4) is 5.75 Å². The maximum atomic E-state index is 12.1. The molecule has 5 nitrogen and oxygen atoms in total. The molecule has 0 fully saturated rings. The highest BCUT2D eigenvalue weighted by Gasteiger charge is 2.15. The van der Waals surface area contributed by atoms with Crippen LogP contribution in [-0.4, -0.2) is 31.9 Å². The summed E-state index contributed by atoms with van der Waals surface area (Å²) in [5.41, 5.74) is 0. The summed E-state index contributed by atoms with van der Waals surface area (Å²) in [6.07, 6.45) is 0. The van der Waals surface area contributed by atoms with Crippen molar-refractivity contribution >= 4 is 43.1 Å². The lowest BCUT2D eigenvalue weighted by molar-refractivity contribution is 0.0702. The van der Waals surface area contributed by atoms with E-state index in [-0.39, 0.29) is 22.1 Å². The number of thiophene rings is 1. The normalized spacial score (nSPS) is 11.3. The third-order valence-corrected chi connectivity index (χ3v) is 5.70. The summed E-state index contributed by atoms with van der Waals surface area (Å²) in [4.78, 5) is 11.1. The van der Waals surface area contributed by atoms with Crippen LogP contribution in [0.3, 0.4) is 0 Å². The third-order valence-electron chi connectivity index (χ3n) is 2.58. The minimum Gasteiger partial charge on any atom is -0.492 e. The topological polar surface area (TPSA) is 80.7 Å². The van der Waals surface area contributed by atoms with Crippen LogP contribution in [0, 0.1) is 0 Å². The summed E-state index contributed by atoms with van der Waals surface area (Å²) in [6.45, 7) is -0.0335. The number of aromatic carboxylic acids is 1. The molecule has 0 bridgehead atoms. The lowest BCUT2D eigenvalue weighted by Gasteiger charge is -2.06. The average molecular weight is 391 g/mol. The number of sulfone groups is 1. The van der Waals surface area contributed by atoms with Crippen molar-refractivity contribution in [1.29, 1.82) is 0 Å². The van der Waals surface area contributed by atoms with E-state index in [2.05, 4.69) is 15.9 Å². The van der Waals surface area contributed by atoms with E-state index < -0.39 is 15.8 Å². The molecule has 1 heterocycles. The maximum Gasteiger partial charge on any atom is 0.346 e. The van der Waals surface area contributed by atoms with E-state index in [1.54, 1.807) is 12.1 Å². The quantitative estimate of drug-likeness (QED) is 0.819. The zero-order valence-electron chi connectivity index (χ0n) is 10.7. The Kier molecular flexibility index (Phi) is 5.02. The van der Waals surface area contributed by atoms with E-state index in [0.717, 1.165) is 15.8 Å². The molecule has 0 saturated carbocycles. The highest BCUT2D eigenvalue weighted by Crippen LogP contribution is 2.22. The molecule has 0 aliphatic carbocycles. The second-order valence-electron chi connectivity index (χ2n) is 4.07. The Morgan fingerprint density at radius 1 is 1.29 bits per heavy atom. The number of rotatable bonds is 6. The van der Waals surface area contributed by atoms with E-state index >= 15 is 0 Å². The standard InChI is InChI=1S/C13H11BrO5S2/c14-9-1-3-11(4-2-9)21(17,18)6-5-19-10-7-12(13(15)16)20-8-10/h1-4,7-8H,5-6H2,(H,15,16). The number of ether oxygens (including phenoxy) is 1. The molecular formula is C13H11BrO5S2. The molecule has 1 aromatic carbocycles. The van der Waals surface area contributed by atoms with Gasteiger partial charge in [0.1, 0.15) is 17.2 Å². The van der Waals surface area contributed by atoms with Gasteiger partial charge in [-0.2, -0.15) is 0 Å². The Bertz CT molecular complexity index is 734. The molecule has 0 unspecified atom stereocenters. The van der Waals surface area contributed by atoms with Gasteiger partial charge in [-0.15, -0.1) is 11.3 Å². The van der Waals surface area contributed by atoms with Crippen LogP contribution in [0.5, 0.6) is 5.75 Å². The molecular weight excluding hydrogens is 380 g/mol. The Morgan fingerprint density at radius 3 is 2.52 bits per heavy atom. The van der Waals surface area contributed by atoms with Crippen LogP contribution in [0.4, 0.5) is 0 Å². The van der Waals surface area contributed by atoms with Crippen LogP contribution < -0.4 is 4.74 Å². The largest absolute Gasteiger partial charge is 0.492 e. The van der Waals surface area contributed by atoms with Gasteiger partial charge in [0.2, 0.25) is 0 Å². The minimum absolute atomic E-state index is 0.0335. The van der Waals surface area contributed by atoms with E-state index in [9.17, 15) is 13.2 Å². The Morgan fingerprint density at radius 2 is 1.95 bits per heavy atom. The number of halogens is 1. The number of hydrogen-bond donors (Lipinski definition) is 1. The van der Waals surface area contributed by atoms with Crippen molar-refractivity contribution in [2.45, 2.75) is 4.90 Å². The van der Waals surface area contributed by atoms with Crippen molar-refractivity contribution in [2.24, 2.45) is 0 Å². The molecule has 0 aliphatic heterocycles. The number of carboxylic acids is 1. The molecule has 0 saturated heterocycles. The van der Waals surface area contributed by atoms with Crippen molar-refractivity contribution in [3.05, 3.63) is 45.1 Å². The van der Waals surface area contributed by atoms with Gasteiger partial charge in [-0.25, -0.2) is 13.2 Å². The van der Waals surface area contributed by atoms with Gasteiger partial charge in [0.05, 0.1) is 10.6 Å². The zero-order chi connectivity index (χ0) is 15.5. The van der Waals surface area contributed by atoms with Gasteiger partial charge in [-0.3, -0.25) is 0 Å². The molecule has 1 N–H and O–H groups in total. The highest BCUT2D eigenvalue weighted by molar-refractivity contribution is 9.10. The predicted molar refractivity (Wildman–Crippen MR) is 83.0 cm³/mol. The fourth-order valence-corrected chi connectivity index (χ4v) is 3.55. The molecule has 0 radical (unpaired) electrons. The summed E-state index contributed by atoms with van der Waals surface area (Å²) in [6, 6.07) is 7.73. The lowest BCUT2D eigenvalue weighted by Crippen LogP contribution is -2.14. The first-order chi connectivity index (χ1) is 9.88. The van der Waals surface area contributed by atoms with E-state index in [0.29, 0.717) is 5.75 Å². The van der Waals surface area contributed by atoms with Gasteiger partial charge in [-0.1, -0.05) is 15.9 Å². The average Bonchev–Trinajstić information content (AvgIpc) is 2.88. The molecule has 0 spiro atoms. The lowest BCUT2D eigenvalue weighted by atomic mass is 10.4. The third kappa shape index (κ3) is 4.29. The van der Waals surface area contributed by atoms with Gasteiger partial charge in [0.15, 0.2) is 9.84 Å². The Hall–Kier alpha value is -1.38. The molecule has 2 rings (SSSR count). The van der Waals surface area contributed by atoms with Gasteiger partial charge in [-0.05, 0) is 24.3 Å². The van der Waals surface area contributed by atoms with Crippen LogP contribution in [0.15, 0.2) is 45.1 Å². The van der Waals surface area contributed by atoms with Crippen LogP contribution >= 0.6 is 27.3 Å². The predicted octanol–water partition coefficient (Wildman–Crippen LogP) is 3.06. The number of carbonyl (C=O) groups is 1. The van der Waals surface area contributed by atoms with Gasteiger partial charge in [0.25, 0.3) is 0 Å². The van der Waals surface area contributed by atoms with E-state index in [1.807, 2.05) is 0 Å². The molecule has 0 aliphatic rings. The first-order valence-electron chi connectivity index (χ1n) is 5.81. The van der Waals surface area contributed by atoms with Crippen LogP contribution in [0.25, 0.3) is 0 Å². The molecule has 1 aromatic heterocycles. The monoisotopic (exact) mass is 390 g/mol. The molecule has 8 heteroatoms. The molecule has 2 aromatic rings. The van der Waals surface area contributed by atoms with Gasteiger partial charge >= 0.3 is 5.97 Å². The molecule has 21 heavy (non-hydrogen) atoms. The van der Waals surface area contributed by atoms with Crippen molar-refractivity contribution in [1.82, 2.24) is 0 Å². The summed E-state index contributed by atoms with van der Waals surface area (Å²) < 4.78 is 30.2. The number of hydrogen-bond acceptors (Lipinski definition) is 5. The van der Waals surface area contributed by atoms with Crippen molar-refractivity contribution < 1.29 is 23.1 Å². The van der Waals surface area contributed by atoms with Crippen LogP contribution in [0.1, 0.15) is 9.67 Å². The molecule has 0 amide bonds. The summed E-state index contributed by atoms with van der Waals surface area (Å²) in [5, 5.41) is 10.3. The first kappa shape index (κ1) is 16.0. The second-order valence-corrected chi connectivity index (χ2v) is 8.01. The summed E-state index contributed by atoms with van der Waals surface area (Å²) >= 11 is 4.28. The molecule has 112 valence electrons. The van der Waals surface area contributed by atoms with Crippen LogP contribution in [-0.2, 0) is 9.84 Å². The summed E-state index contributed by atoms with van der Waals surface area (Å²) in [5.74, 6) is -0.840. The van der Waals surface area contributed by atoms with Crippen LogP contribution in [0.2, 0.25) is 0 Å². The van der Waals surface area contributed by atoms with E-state index in [4.69, 9.17) is 9.84 Å².